The van der Waals surface area contributed by atoms with Crippen LogP contribution in [0.25, 0.3) is 0 Å². The highest BCUT2D eigenvalue weighted by atomic mass is 16.5. The third-order valence-electron chi connectivity index (χ3n) is 3.99. The number of benzene rings is 2. The lowest BCUT2D eigenvalue weighted by Crippen LogP contribution is -2.30. The van der Waals surface area contributed by atoms with Gasteiger partial charge < -0.3 is 15.8 Å². The zero-order chi connectivity index (χ0) is 18.6. The monoisotopic (exact) mass is 340 g/mol. The average Bonchev–Trinajstić information content (AvgIpc) is 2.57. The van der Waals surface area contributed by atoms with Crippen LogP contribution in [0.2, 0.25) is 0 Å². The first kappa shape index (κ1) is 18.5. The van der Waals surface area contributed by atoms with Gasteiger partial charge in [-0.25, -0.2) is 0 Å². The van der Waals surface area contributed by atoms with Crippen LogP contribution < -0.4 is 15.8 Å². The molecule has 0 saturated carbocycles. The number of primary amides is 1. The fourth-order valence-electron chi connectivity index (χ4n) is 2.31. The molecular formula is C20H24N2O3. The molecule has 25 heavy (non-hydrogen) atoms. The predicted molar refractivity (Wildman–Crippen MR) is 98.9 cm³/mol. The highest BCUT2D eigenvalue weighted by Crippen LogP contribution is 2.25. The molecule has 1 atom stereocenters. The molecule has 3 N–H and O–H groups in total. The van der Waals surface area contributed by atoms with Crippen molar-refractivity contribution < 1.29 is 14.3 Å². The van der Waals surface area contributed by atoms with Crippen LogP contribution in [0.1, 0.15) is 48.2 Å². The Morgan fingerprint density at radius 1 is 1.04 bits per heavy atom. The molecule has 0 heterocycles. The van der Waals surface area contributed by atoms with E-state index < -0.39 is 12.0 Å². The van der Waals surface area contributed by atoms with Gasteiger partial charge in [0, 0.05) is 11.3 Å². The Labute approximate surface area is 148 Å². The zero-order valence-electron chi connectivity index (χ0n) is 15.0. The number of carbonyl (C=O) groups excluding carboxylic acids is 2. The van der Waals surface area contributed by atoms with Gasteiger partial charge in [-0.05, 0) is 61.2 Å². The van der Waals surface area contributed by atoms with Gasteiger partial charge in [0.2, 0.25) is 5.91 Å². The lowest BCUT2D eigenvalue weighted by Gasteiger charge is -2.18. The quantitative estimate of drug-likeness (QED) is 0.842. The maximum absolute atomic E-state index is 12.3. The second-order valence-corrected chi connectivity index (χ2v) is 6.37. The van der Waals surface area contributed by atoms with Crippen molar-refractivity contribution >= 4 is 17.5 Å². The number of amides is 2. The molecular weight excluding hydrogens is 316 g/mol. The molecule has 1 unspecified atom stereocenters. The molecule has 2 rings (SSSR count). The summed E-state index contributed by atoms with van der Waals surface area (Å²) in [5.74, 6) is 0.324. The molecule has 0 saturated heterocycles. The second-order valence-electron chi connectivity index (χ2n) is 6.37. The number of anilines is 1. The number of carbonyl (C=O) groups is 2. The van der Waals surface area contributed by atoms with E-state index in [9.17, 15) is 9.59 Å². The fourth-order valence-corrected chi connectivity index (χ4v) is 2.31. The second kappa shape index (κ2) is 7.83. The molecule has 5 heteroatoms. The summed E-state index contributed by atoms with van der Waals surface area (Å²) < 4.78 is 5.85. The van der Waals surface area contributed by atoms with Gasteiger partial charge in [-0.2, -0.15) is 0 Å². The molecule has 0 spiro atoms. The molecule has 0 aliphatic heterocycles. The van der Waals surface area contributed by atoms with Crippen LogP contribution >= 0.6 is 0 Å². The Hall–Kier alpha value is -2.82. The molecule has 0 aromatic heterocycles. The van der Waals surface area contributed by atoms with Crippen LogP contribution in [-0.4, -0.2) is 17.9 Å². The van der Waals surface area contributed by atoms with Crippen molar-refractivity contribution in [1.82, 2.24) is 0 Å². The Bertz CT molecular complexity index is 767. The van der Waals surface area contributed by atoms with E-state index in [4.69, 9.17) is 10.5 Å². The largest absolute Gasteiger partial charge is 0.481 e. The van der Waals surface area contributed by atoms with Gasteiger partial charge in [0.25, 0.3) is 5.91 Å². The molecule has 0 fully saturated rings. The van der Waals surface area contributed by atoms with Gasteiger partial charge in [-0.3, -0.25) is 9.59 Å². The summed E-state index contributed by atoms with van der Waals surface area (Å²) in [5.41, 5.74) is 8.32. The number of rotatable bonds is 6. The maximum Gasteiger partial charge on any atom is 0.265 e. The highest BCUT2D eigenvalue weighted by Gasteiger charge is 2.16. The summed E-state index contributed by atoms with van der Waals surface area (Å²) >= 11 is 0. The third-order valence-corrected chi connectivity index (χ3v) is 3.99. The van der Waals surface area contributed by atoms with Gasteiger partial charge in [0.1, 0.15) is 5.75 Å². The topological polar surface area (TPSA) is 81.4 Å². The normalized spacial score (nSPS) is 11.9. The van der Waals surface area contributed by atoms with Crippen molar-refractivity contribution in [3.63, 3.8) is 0 Å². The summed E-state index contributed by atoms with van der Waals surface area (Å²) in [6, 6.07) is 12.4. The van der Waals surface area contributed by atoms with Crippen LogP contribution in [0.3, 0.4) is 0 Å². The number of nitrogens with one attached hydrogen (secondary N) is 1. The summed E-state index contributed by atoms with van der Waals surface area (Å²) in [6.45, 7) is 7.88. The maximum atomic E-state index is 12.3. The van der Waals surface area contributed by atoms with E-state index in [2.05, 4.69) is 25.2 Å². The lowest BCUT2D eigenvalue weighted by atomic mass is 10.0. The third kappa shape index (κ3) is 4.83. The smallest absolute Gasteiger partial charge is 0.265 e. The Morgan fingerprint density at radius 2 is 1.68 bits per heavy atom. The molecule has 132 valence electrons. The van der Waals surface area contributed by atoms with Crippen molar-refractivity contribution in [3.8, 4) is 5.75 Å². The van der Waals surface area contributed by atoms with E-state index in [1.165, 1.54) is 0 Å². The van der Waals surface area contributed by atoms with Crippen LogP contribution in [-0.2, 0) is 4.79 Å². The Morgan fingerprint density at radius 3 is 2.24 bits per heavy atom. The van der Waals surface area contributed by atoms with Gasteiger partial charge in [0.05, 0.1) is 0 Å². The number of hydrogen-bond donors (Lipinski definition) is 2. The van der Waals surface area contributed by atoms with Crippen molar-refractivity contribution in [2.24, 2.45) is 5.73 Å². The van der Waals surface area contributed by atoms with E-state index in [1.54, 1.807) is 31.2 Å². The van der Waals surface area contributed by atoms with E-state index in [0.29, 0.717) is 22.9 Å². The van der Waals surface area contributed by atoms with E-state index in [-0.39, 0.29) is 5.91 Å². The molecule has 0 aliphatic rings. The summed E-state index contributed by atoms with van der Waals surface area (Å²) in [4.78, 5) is 23.4. The zero-order valence-corrected chi connectivity index (χ0v) is 15.0. The molecule has 2 aromatic rings. The van der Waals surface area contributed by atoms with Crippen LogP contribution in [0, 0.1) is 6.92 Å². The summed E-state index contributed by atoms with van der Waals surface area (Å²) in [7, 11) is 0. The summed E-state index contributed by atoms with van der Waals surface area (Å²) in [5, 5.41) is 2.77. The first-order valence-electron chi connectivity index (χ1n) is 8.26. The van der Waals surface area contributed by atoms with Crippen LogP contribution in [0.4, 0.5) is 5.69 Å². The van der Waals surface area contributed by atoms with Crippen LogP contribution in [0.15, 0.2) is 42.5 Å². The van der Waals surface area contributed by atoms with Gasteiger partial charge in [-0.1, -0.05) is 26.0 Å². The van der Waals surface area contributed by atoms with E-state index in [1.807, 2.05) is 19.1 Å². The molecule has 0 bridgehead atoms. The Kier molecular flexibility index (Phi) is 5.80. The minimum absolute atomic E-state index is 0.263. The molecule has 2 aromatic carbocycles. The molecule has 5 nitrogen and oxygen atoms in total. The van der Waals surface area contributed by atoms with Crippen LogP contribution in [0.5, 0.6) is 5.75 Å². The number of nitrogens with two attached hydrogens (primary N) is 1. The molecule has 0 radical (unpaired) electrons. The van der Waals surface area contributed by atoms with Crippen molar-refractivity contribution in [1.29, 1.82) is 0 Å². The molecule has 2 amide bonds. The minimum atomic E-state index is -0.656. The fraction of sp³-hybridized carbons (Fsp3) is 0.300. The van der Waals surface area contributed by atoms with Gasteiger partial charge >= 0.3 is 0 Å². The standard InChI is InChI=1S/C20H24N2O3/c1-12(2)16-6-5-13(3)18(11-16)25-14(4)20(24)22-17-9-7-15(8-10-17)19(21)23/h5-12,14H,1-4H3,(H2,21,23)(H,22,24). The first-order valence-corrected chi connectivity index (χ1v) is 8.26. The number of aryl methyl sites for hydroxylation is 1. The average molecular weight is 340 g/mol. The first-order chi connectivity index (χ1) is 11.8. The Balaban J connectivity index is 2.05. The molecule has 0 aliphatic carbocycles. The highest BCUT2D eigenvalue weighted by molar-refractivity contribution is 5.96. The predicted octanol–water partition coefficient (Wildman–Crippen LogP) is 3.62. The minimum Gasteiger partial charge on any atom is -0.481 e. The SMILES string of the molecule is Cc1ccc(C(C)C)cc1OC(C)C(=O)Nc1ccc(C(N)=O)cc1. The van der Waals surface area contributed by atoms with Crippen molar-refractivity contribution in [3.05, 3.63) is 59.2 Å². The number of hydrogen-bond acceptors (Lipinski definition) is 3. The van der Waals surface area contributed by atoms with E-state index in [0.717, 1.165) is 11.1 Å². The van der Waals surface area contributed by atoms with Gasteiger partial charge in [-0.15, -0.1) is 0 Å². The van der Waals surface area contributed by atoms with Crippen molar-refractivity contribution in [2.75, 3.05) is 5.32 Å². The lowest BCUT2D eigenvalue weighted by molar-refractivity contribution is -0.122. The van der Waals surface area contributed by atoms with Gasteiger partial charge in [0.15, 0.2) is 6.10 Å². The van der Waals surface area contributed by atoms with Crippen molar-refractivity contribution in [2.45, 2.75) is 39.7 Å². The van der Waals surface area contributed by atoms with E-state index >= 15 is 0 Å². The number of ether oxygens (including phenoxy) is 1. The summed E-state index contributed by atoms with van der Waals surface area (Å²) in [6.07, 6.45) is -0.656.